The van der Waals surface area contributed by atoms with Crippen molar-refractivity contribution in [3.63, 3.8) is 0 Å². The van der Waals surface area contributed by atoms with Crippen molar-refractivity contribution in [1.29, 1.82) is 0 Å². The van der Waals surface area contributed by atoms with Crippen LogP contribution in [-0.4, -0.2) is 78.7 Å². The number of aliphatic hydroxyl groups excluding tert-OH is 1. The summed E-state index contributed by atoms with van der Waals surface area (Å²) in [5, 5.41) is 17.2. The van der Waals surface area contributed by atoms with Crippen LogP contribution in [0.15, 0.2) is 60.7 Å². The quantitative estimate of drug-likeness (QED) is 0.214. The summed E-state index contributed by atoms with van der Waals surface area (Å²) in [7, 11) is 3.16. The maximum atomic E-state index is 14.0. The third-order valence-electron chi connectivity index (χ3n) is 7.17. The van der Waals surface area contributed by atoms with E-state index in [0.717, 1.165) is 36.6 Å². The number of nitrogens with one attached hydrogen (secondary N) is 2. The average Bonchev–Trinajstić information content (AvgIpc) is 2.99. The number of hydrogen-bond acceptors (Lipinski definition) is 6. The predicted molar refractivity (Wildman–Crippen MR) is 173 cm³/mol. The van der Waals surface area contributed by atoms with Crippen LogP contribution in [0.25, 0.3) is 0 Å². The molecule has 248 valence electrons. The number of carbonyl (C=O) groups is 3. The summed E-state index contributed by atoms with van der Waals surface area (Å²) in [6, 6.07) is 13.9. The molecule has 0 spiro atoms. The maximum Gasteiger partial charge on any atom is 0.414 e. The monoisotopic (exact) mass is 638 g/mol. The number of halogens is 2. The Morgan fingerprint density at radius 1 is 0.891 bits per heavy atom. The fraction of sp³-hybridized carbons (Fsp3) is 0.400. The summed E-state index contributed by atoms with van der Waals surface area (Å²) >= 11 is 0. The van der Waals surface area contributed by atoms with Gasteiger partial charge in [-0.2, -0.15) is 0 Å². The van der Waals surface area contributed by atoms with Gasteiger partial charge in [0.1, 0.15) is 17.4 Å². The van der Waals surface area contributed by atoms with Crippen LogP contribution in [0.2, 0.25) is 0 Å². The van der Waals surface area contributed by atoms with Crippen molar-refractivity contribution in [1.82, 2.24) is 20.4 Å². The Morgan fingerprint density at radius 3 is 2.17 bits per heavy atom. The highest BCUT2D eigenvalue weighted by Gasteiger charge is 2.24. The highest BCUT2D eigenvalue weighted by atomic mass is 19.1. The van der Waals surface area contributed by atoms with Crippen molar-refractivity contribution in [2.45, 2.75) is 58.7 Å². The lowest BCUT2D eigenvalue weighted by molar-refractivity contribution is 0.0755. The van der Waals surface area contributed by atoms with Gasteiger partial charge in [0.25, 0.3) is 11.8 Å². The van der Waals surface area contributed by atoms with Gasteiger partial charge in [0.15, 0.2) is 0 Å². The molecular formula is C35H44F2N4O5. The Hall–Kier alpha value is -4.35. The molecule has 9 nitrogen and oxygen atoms in total. The molecule has 3 amide bonds. The van der Waals surface area contributed by atoms with E-state index in [-0.39, 0.29) is 30.0 Å². The van der Waals surface area contributed by atoms with Crippen molar-refractivity contribution >= 4 is 17.9 Å². The molecule has 3 rings (SSSR count). The molecule has 0 bridgehead atoms. The van der Waals surface area contributed by atoms with Crippen LogP contribution in [0.4, 0.5) is 13.6 Å². The Labute approximate surface area is 269 Å². The van der Waals surface area contributed by atoms with E-state index >= 15 is 0 Å². The number of aliphatic hydroxyl groups is 1. The van der Waals surface area contributed by atoms with Crippen molar-refractivity contribution in [2.24, 2.45) is 0 Å². The molecule has 3 aromatic carbocycles. The average molecular weight is 639 g/mol. The molecule has 0 aliphatic carbocycles. The van der Waals surface area contributed by atoms with E-state index in [1.165, 1.54) is 11.0 Å². The SMILES string of the molecule is CCCN(CCC)C(=O)c1cc(C)cc(C(=O)NC(Cc2cc(F)cc(F)c2)C(O)CNCc2cccc(OC(=O)N(C)C)c2)c1. The second kappa shape index (κ2) is 17.4. The first-order valence-electron chi connectivity index (χ1n) is 15.4. The molecule has 0 fully saturated rings. The van der Waals surface area contributed by atoms with Crippen LogP contribution in [0.1, 0.15) is 64.1 Å². The minimum absolute atomic E-state index is 0.0189. The highest BCUT2D eigenvalue weighted by molar-refractivity contribution is 6.00. The van der Waals surface area contributed by atoms with Gasteiger partial charge in [-0.15, -0.1) is 0 Å². The molecule has 0 saturated carbocycles. The summed E-state index contributed by atoms with van der Waals surface area (Å²) in [5.74, 6) is -1.88. The molecule has 0 saturated heterocycles. The number of carbonyl (C=O) groups excluding carboxylic acids is 3. The molecule has 0 aliphatic heterocycles. The molecule has 46 heavy (non-hydrogen) atoms. The Kier molecular flexibility index (Phi) is 13.6. The maximum absolute atomic E-state index is 14.0. The van der Waals surface area contributed by atoms with Crippen LogP contribution in [0, 0.1) is 18.6 Å². The number of ether oxygens (including phenoxy) is 1. The summed E-state index contributed by atoms with van der Waals surface area (Å²) in [4.78, 5) is 41.8. The molecule has 0 heterocycles. The summed E-state index contributed by atoms with van der Waals surface area (Å²) < 4.78 is 33.3. The van der Waals surface area contributed by atoms with Crippen molar-refractivity contribution in [3.05, 3.63) is 100 Å². The molecule has 0 aliphatic rings. The zero-order valence-corrected chi connectivity index (χ0v) is 27.1. The normalized spacial score (nSPS) is 12.3. The zero-order valence-electron chi connectivity index (χ0n) is 27.1. The lowest BCUT2D eigenvalue weighted by Crippen LogP contribution is -2.48. The number of aryl methyl sites for hydroxylation is 1. The first kappa shape index (κ1) is 36.1. The van der Waals surface area contributed by atoms with Gasteiger partial charge in [0.2, 0.25) is 0 Å². The van der Waals surface area contributed by atoms with Crippen LogP contribution >= 0.6 is 0 Å². The Bertz CT molecular complexity index is 1470. The standard InChI is InChI=1S/C35H44F2N4O5/c1-6-11-41(12-7-2)34(44)27-14-23(3)13-26(19-27)33(43)39-31(18-25-15-28(36)20-29(37)16-25)32(42)22-38-21-24-9-8-10-30(17-24)46-35(45)40(4)5/h8-10,13-17,19-20,31-32,38,42H,6-7,11-12,18,21-22H2,1-5H3,(H,39,43). The second-order valence-electron chi connectivity index (χ2n) is 11.5. The molecule has 2 unspecified atom stereocenters. The van der Waals surface area contributed by atoms with Gasteiger partial charge < -0.3 is 30.3 Å². The molecule has 11 heteroatoms. The van der Waals surface area contributed by atoms with E-state index in [9.17, 15) is 28.3 Å². The number of amides is 3. The summed E-state index contributed by atoms with van der Waals surface area (Å²) in [5.41, 5.74) is 2.37. The van der Waals surface area contributed by atoms with Gasteiger partial charge in [-0.25, -0.2) is 13.6 Å². The van der Waals surface area contributed by atoms with Gasteiger partial charge in [0, 0.05) is 57.5 Å². The van der Waals surface area contributed by atoms with Gasteiger partial charge in [-0.1, -0.05) is 26.0 Å². The smallest absolute Gasteiger partial charge is 0.410 e. The lowest BCUT2D eigenvalue weighted by Gasteiger charge is -2.25. The van der Waals surface area contributed by atoms with Gasteiger partial charge in [0.05, 0.1) is 12.1 Å². The second-order valence-corrected chi connectivity index (χ2v) is 11.5. The van der Waals surface area contributed by atoms with Crippen LogP contribution in [0.5, 0.6) is 5.75 Å². The fourth-order valence-corrected chi connectivity index (χ4v) is 5.01. The van der Waals surface area contributed by atoms with Crippen molar-refractivity contribution in [2.75, 3.05) is 33.7 Å². The molecule has 2 atom stereocenters. The van der Waals surface area contributed by atoms with Gasteiger partial charge >= 0.3 is 6.09 Å². The van der Waals surface area contributed by atoms with Crippen molar-refractivity contribution in [3.8, 4) is 5.75 Å². The van der Waals surface area contributed by atoms with E-state index in [2.05, 4.69) is 10.6 Å². The molecular weight excluding hydrogens is 594 g/mol. The molecule has 3 N–H and O–H groups in total. The number of rotatable bonds is 15. The van der Waals surface area contributed by atoms with Gasteiger partial charge in [-0.05, 0) is 85.3 Å². The minimum atomic E-state index is -1.17. The third kappa shape index (κ3) is 10.9. The fourth-order valence-electron chi connectivity index (χ4n) is 5.01. The third-order valence-corrected chi connectivity index (χ3v) is 7.17. The van der Waals surface area contributed by atoms with E-state index in [1.807, 2.05) is 19.9 Å². The Morgan fingerprint density at radius 2 is 1.54 bits per heavy atom. The number of hydrogen-bond donors (Lipinski definition) is 3. The molecule has 3 aromatic rings. The highest BCUT2D eigenvalue weighted by Crippen LogP contribution is 2.17. The van der Waals surface area contributed by atoms with E-state index in [4.69, 9.17) is 4.74 Å². The topological polar surface area (TPSA) is 111 Å². The molecule has 0 radical (unpaired) electrons. The lowest BCUT2D eigenvalue weighted by atomic mass is 9.99. The Balaban J connectivity index is 1.78. The predicted octanol–water partition coefficient (Wildman–Crippen LogP) is 5.09. The summed E-state index contributed by atoms with van der Waals surface area (Å²) in [6.07, 6.45) is -0.140. The largest absolute Gasteiger partial charge is 0.414 e. The van der Waals surface area contributed by atoms with Gasteiger partial charge in [-0.3, -0.25) is 9.59 Å². The first-order valence-corrected chi connectivity index (χ1v) is 15.4. The molecule has 0 aromatic heterocycles. The van der Waals surface area contributed by atoms with E-state index in [0.29, 0.717) is 36.5 Å². The summed E-state index contributed by atoms with van der Waals surface area (Å²) in [6.45, 7) is 7.30. The van der Waals surface area contributed by atoms with Crippen LogP contribution in [-0.2, 0) is 13.0 Å². The minimum Gasteiger partial charge on any atom is -0.410 e. The van der Waals surface area contributed by atoms with Crippen LogP contribution in [0.3, 0.4) is 0 Å². The zero-order chi connectivity index (χ0) is 33.8. The van der Waals surface area contributed by atoms with E-state index in [1.54, 1.807) is 56.3 Å². The van der Waals surface area contributed by atoms with Crippen molar-refractivity contribution < 1.29 is 33.0 Å². The first-order chi connectivity index (χ1) is 21.9. The van der Waals surface area contributed by atoms with Crippen LogP contribution < -0.4 is 15.4 Å². The number of benzene rings is 3. The number of nitrogens with zero attached hydrogens (tertiary/aromatic N) is 2. The van der Waals surface area contributed by atoms with E-state index < -0.39 is 35.8 Å².